The maximum atomic E-state index is 13.4. The molecule has 0 heterocycles. The molecular weight excluding hydrogens is 488 g/mol. The van der Waals surface area contributed by atoms with Gasteiger partial charge in [-0.25, -0.2) is 8.42 Å². The number of rotatable bonds is 8. The van der Waals surface area contributed by atoms with Gasteiger partial charge in [-0.3, -0.25) is 9.10 Å². The Bertz CT molecular complexity index is 1180. The van der Waals surface area contributed by atoms with Gasteiger partial charge in [-0.2, -0.15) is 0 Å². The first-order valence-electron chi connectivity index (χ1n) is 10.4. The Morgan fingerprint density at radius 1 is 1.00 bits per heavy atom. The Labute approximate surface area is 198 Å². The van der Waals surface area contributed by atoms with Gasteiger partial charge in [-0.1, -0.05) is 64.8 Å². The topological polar surface area (TPSA) is 66.5 Å². The summed E-state index contributed by atoms with van der Waals surface area (Å²) >= 11 is 3.37. The molecule has 0 bridgehead atoms. The molecule has 0 saturated heterocycles. The van der Waals surface area contributed by atoms with Crippen molar-refractivity contribution in [1.29, 1.82) is 0 Å². The van der Waals surface area contributed by atoms with E-state index in [0.29, 0.717) is 12.1 Å². The highest BCUT2D eigenvalue weighted by Crippen LogP contribution is 2.26. The second-order valence-electron chi connectivity index (χ2n) is 7.69. The number of sulfonamides is 1. The summed E-state index contributed by atoms with van der Waals surface area (Å²) < 4.78 is 28.8. The summed E-state index contributed by atoms with van der Waals surface area (Å²) in [6.07, 6.45) is 0.694. The van der Waals surface area contributed by atoms with Gasteiger partial charge in [-0.05, 0) is 67.8 Å². The van der Waals surface area contributed by atoms with E-state index in [-0.39, 0.29) is 23.4 Å². The fourth-order valence-electron chi connectivity index (χ4n) is 3.63. The van der Waals surface area contributed by atoms with Crippen LogP contribution in [0.5, 0.6) is 0 Å². The third-order valence-electron chi connectivity index (χ3n) is 5.28. The van der Waals surface area contributed by atoms with Crippen molar-refractivity contribution in [3.05, 3.63) is 94.0 Å². The molecule has 1 N–H and O–H groups in total. The summed E-state index contributed by atoms with van der Waals surface area (Å²) in [7, 11) is -3.93. The van der Waals surface area contributed by atoms with E-state index in [0.717, 1.165) is 25.5 Å². The van der Waals surface area contributed by atoms with E-state index < -0.39 is 10.0 Å². The van der Waals surface area contributed by atoms with Crippen LogP contribution in [0.25, 0.3) is 0 Å². The fourth-order valence-corrected chi connectivity index (χ4v) is 5.34. The van der Waals surface area contributed by atoms with Gasteiger partial charge in [0.05, 0.1) is 16.6 Å². The number of hydrogen-bond acceptors (Lipinski definition) is 3. The number of nitrogens with one attached hydrogen (secondary N) is 1. The molecule has 3 aromatic rings. The Morgan fingerprint density at radius 3 is 2.25 bits per heavy atom. The lowest BCUT2D eigenvalue weighted by atomic mass is 9.97. The molecule has 0 aliphatic heterocycles. The third-order valence-corrected chi connectivity index (χ3v) is 7.59. The molecule has 5 nitrogen and oxygen atoms in total. The summed E-state index contributed by atoms with van der Waals surface area (Å²) in [6, 6.07) is 20.9. The van der Waals surface area contributed by atoms with E-state index in [1.54, 1.807) is 42.5 Å². The number of aryl methyl sites for hydroxylation is 2. The van der Waals surface area contributed by atoms with Crippen molar-refractivity contribution in [2.45, 2.75) is 38.1 Å². The Balaban J connectivity index is 1.90. The first kappa shape index (κ1) is 24.0. The quantitative estimate of drug-likeness (QED) is 0.429. The van der Waals surface area contributed by atoms with Crippen LogP contribution in [0.2, 0.25) is 0 Å². The Hall–Kier alpha value is -2.64. The zero-order valence-corrected chi connectivity index (χ0v) is 20.8. The second kappa shape index (κ2) is 10.3. The molecule has 0 aromatic heterocycles. The number of amides is 1. The number of nitrogens with zero attached hydrogens (tertiary/aromatic N) is 1. The average Bonchev–Trinajstić information content (AvgIpc) is 2.77. The fraction of sp³-hybridized carbons (Fsp3) is 0.240. The van der Waals surface area contributed by atoms with E-state index >= 15 is 0 Å². The third kappa shape index (κ3) is 5.58. The minimum Gasteiger partial charge on any atom is -0.348 e. The van der Waals surface area contributed by atoms with Gasteiger partial charge in [0, 0.05) is 4.47 Å². The van der Waals surface area contributed by atoms with Crippen molar-refractivity contribution in [3.63, 3.8) is 0 Å². The molecule has 1 amide bonds. The van der Waals surface area contributed by atoms with Gasteiger partial charge in [-0.15, -0.1) is 0 Å². The van der Waals surface area contributed by atoms with Crippen molar-refractivity contribution < 1.29 is 13.2 Å². The molecule has 1 unspecified atom stereocenters. The van der Waals surface area contributed by atoms with Crippen LogP contribution in [-0.2, 0) is 14.8 Å². The van der Waals surface area contributed by atoms with Crippen LogP contribution in [-0.4, -0.2) is 20.9 Å². The number of anilines is 1. The van der Waals surface area contributed by atoms with Gasteiger partial charge >= 0.3 is 0 Å². The highest BCUT2D eigenvalue weighted by molar-refractivity contribution is 9.10. The molecule has 0 spiro atoms. The highest BCUT2D eigenvalue weighted by Gasteiger charge is 2.28. The summed E-state index contributed by atoms with van der Waals surface area (Å²) in [6.45, 7) is 5.73. The molecule has 3 rings (SSSR count). The van der Waals surface area contributed by atoms with Crippen LogP contribution in [0.1, 0.15) is 36.1 Å². The molecule has 0 aliphatic carbocycles. The van der Waals surface area contributed by atoms with Gasteiger partial charge in [0.25, 0.3) is 10.0 Å². The molecule has 168 valence electrons. The van der Waals surface area contributed by atoms with Crippen molar-refractivity contribution in [2.24, 2.45) is 0 Å². The smallest absolute Gasteiger partial charge is 0.264 e. The number of carbonyl (C=O) groups is 1. The van der Waals surface area contributed by atoms with Gasteiger partial charge in [0.15, 0.2) is 0 Å². The average molecular weight is 515 g/mol. The monoisotopic (exact) mass is 514 g/mol. The predicted molar refractivity (Wildman–Crippen MR) is 132 cm³/mol. The zero-order valence-electron chi connectivity index (χ0n) is 18.4. The lowest BCUT2D eigenvalue weighted by Crippen LogP contribution is -2.42. The number of benzene rings is 3. The molecule has 0 saturated carbocycles. The van der Waals surface area contributed by atoms with Crippen LogP contribution in [0.3, 0.4) is 0 Å². The van der Waals surface area contributed by atoms with E-state index in [2.05, 4.69) is 27.3 Å². The summed E-state index contributed by atoms with van der Waals surface area (Å²) in [5, 5.41) is 3.02. The normalized spacial score (nSPS) is 12.2. The number of halogens is 1. The largest absolute Gasteiger partial charge is 0.348 e. The maximum absolute atomic E-state index is 13.4. The minimum absolute atomic E-state index is 0.136. The van der Waals surface area contributed by atoms with Crippen LogP contribution >= 0.6 is 15.9 Å². The van der Waals surface area contributed by atoms with Crippen molar-refractivity contribution in [2.75, 3.05) is 10.8 Å². The van der Waals surface area contributed by atoms with Gasteiger partial charge < -0.3 is 5.32 Å². The predicted octanol–water partition coefficient (Wildman–Crippen LogP) is 5.53. The molecule has 3 aromatic carbocycles. The van der Waals surface area contributed by atoms with E-state index in [9.17, 15) is 13.2 Å². The van der Waals surface area contributed by atoms with Crippen molar-refractivity contribution in [3.8, 4) is 0 Å². The summed E-state index contributed by atoms with van der Waals surface area (Å²) in [5.41, 5.74) is 3.71. The zero-order chi connectivity index (χ0) is 23.3. The highest BCUT2D eigenvalue weighted by atomic mass is 79.9. The minimum atomic E-state index is -3.93. The van der Waals surface area contributed by atoms with Crippen LogP contribution in [0.4, 0.5) is 5.69 Å². The van der Waals surface area contributed by atoms with E-state index in [1.165, 1.54) is 12.1 Å². The van der Waals surface area contributed by atoms with Crippen LogP contribution in [0, 0.1) is 13.8 Å². The van der Waals surface area contributed by atoms with Gasteiger partial charge in [0.1, 0.15) is 6.54 Å². The van der Waals surface area contributed by atoms with Gasteiger partial charge in [0.2, 0.25) is 5.91 Å². The van der Waals surface area contributed by atoms with E-state index in [4.69, 9.17) is 0 Å². The first-order chi connectivity index (χ1) is 15.2. The maximum Gasteiger partial charge on any atom is 0.264 e. The van der Waals surface area contributed by atoms with E-state index in [1.807, 2.05) is 32.9 Å². The lowest BCUT2D eigenvalue weighted by molar-refractivity contribution is -0.120. The molecule has 0 aliphatic rings. The Kier molecular flexibility index (Phi) is 7.74. The SMILES string of the molecule is CCC(NC(=O)CN(c1ccc(Br)cc1)S(=O)(=O)c1ccccc1)c1ccc(C)cc1C. The Morgan fingerprint density at radius 2 is 1.66 bits per heavy atom. The second-order valence-corrected chi connectivity index (χ2v) is 10.5. The molecular formula is C25H27BrN2O3S. The molecule has 0 fully saturated rings. The molecule has 1 atom stereocenters. The summed E-state index contributed by atoms with van der Waals surface area (Å²) in [5.74, 6) is -0.362. The summed E-state index contributed by atoms with van der Waals surface area (Å²) in [4.78, 5) is 13.2. The van der Waals surface area contributed by atoms with Crippen LogP contribution < -0.4 is 9.62 Å². The molecule has 32 heavy (non-hydrogen) atoms. The lowest BCUT2D eigenvalue weighted by Gasteiger charge is -2.26. The standard InChI is InChI=1S/C25H27BrN2O3S/c1-4-24(23-15-10-18(2)16-19(23)3)27-25(29)17-28(21-13-11-20(26)12-14-21)32(30,31)22-8-6-5-7-9-22/h5-16,24H,4,17H2,1-3H3,(H,27,29). The molecule has 7 heteroatoms. The first-order valence-corrected chi connectivity index (χ1v) is 12.7. The van der Waals surface area contributed by atoms with Crippen molar-refractivity contribution >= 4 is 37.5 Å². The number of hydrogen-bond donors (Lipinski definition) is 1. The van der Waals surface area contributed by atoms with Crippen LogP contribution in [0.15, 0.2) is 82.2 Å². The molecule has 0 radical (unpaired) electrons. The van der Waals surface area contributed by atoms with Crippen molar-refractivity contribution in [1.82, 2.24) is 5.32 Å². The number of carbonyl (C=O) groups excluding carboxylic acids is 1.